The predicted molar refractivity (Wildman–Crippen MR) is 125 cm³/mol. The van der Waals surface area contributed by atoms with Crippen LogP contribution in [0.5, 0.6) is 0 Å². The van der Waals surface area contributed by atoms with Crippen molar-refractivity contribution in [2.24, 2.45) is 11.8 Å². The molecule has 0 saturated carbocycles. The van der Waals surface area contributed by atoms with Crippen molar-refractivity contribution in [2.75, 3.05) is 26.2 Å². The van der Waals surface area contributed by atoms with Crippen LogP contribution in [0.4, 0.5) is 0 Å². The van der Waals surface area contributed by atoms with Gasteiger partial charge in [-0.1, -0.05) is 23.7 Å². The quantitative estimate of drug-likeness (QED) is 0.592. The maximum absolute atomic E-state index is 11.0. The summed E-state index contributed by atoms with van der Waals surface area (Å²) in [6.07, 6.45) is 2.94. The number of piperidine rings is 2. The molecule has 1 aromatic carbocycles. The number of rotatable bonds is 5. The van der Waals surface area contributed by atoms with E-state index in [1.54, 1.807) is 0 Å². The zero-order valence-corrected chi connectivity index (χ0v) is 19.9. The van der Waals surface area contributed by atoms with Crippen LogP contribution in [0, 0.1) is 25.7 Å². The van der Waals surface area contributed by atoms with Crippen molar-refractivity contribution >= 4 is 23.5 Å². The molecule has 0 amide bonds. The van der Waals surface area contributed by atoms with Crippen LogP contribution in [-0.4, -0.2) is 58.2 Å². The Labute approximate surface area is 198 Å². The smallest absolute Gasteiger partial charge is 0.306 e. The zero-order valence-electron chi connectivity index (χ0n) is 19.1. The minimum Gasteiger partial charge on any atom is -0.481 e. The third kappa shape index (κ3) is 6.79. The molecule has 0 bridgehead atoms. The minimum absolute atomic E-state index is 0.0914. The van der Waals surface area contributed by atoms with Gasteiger partial charge in [0.1, 0.15) is 5.76 Å². The molecule has 2 saturated heterocycles. The Morgan fingerprint density at radius 2 is 1.70 bits per heavy atom. The third-order valence-electron chi connectivity index (χ3n) is 6.33. The highest BCUT2D eigenvalue weighted by Gasteiger charge is 2.26. The third-order valence-corrected chi connectivity index (χ3v) is 6.64. The van der Waals surface area contributed by atoms with Gasteiger partial charge in [0.2, 0.25) is 5.89 Å². The lowest BCUT2D eigenvalue weighted by molar-refractivity contribution is -0.144. The van der Waals surface area contributed by atoms with E-state index in [9.17, 15) is 9.59 Å². The Morgan fingerprint density at radius 1 is 1.09 bits per heavy atom. The van der Waals surface area contributed by atoms with Crippen molar-refractivity contribution in [3.05, 3.63) is 40.2 Å². The highest BCUT2D eigenvalue weighted by Crippen LogP contribution is 2.32. The first kappa shape index (κ1) is 25.2. The lowest BCUT2D eigenvalue weighted by atomic mass is 9.97. The SMILES string of the molecule is Cc1cccc(Cl)c1-c1nc(CN2CCC(C(=O)O)CC2)c(C)o1.O=C(O)C1CCNCC1. The van der Waals surface area contributed by atoms with Crippen LogP contribution in [0.1, 0.15) is 42.7 Å². The fourth-order valence-electron chi connectivity index (χ4n) is 4.20. The van der Waals surface area contributed by atoms with Crippen molar-refractivity contribution in [1.29, 1.82) is 0 Å². The summed E-state index contributed by atoms with van der Waals surface area (Å²) in [5.41, 5.74) is 2.74. The molecular formula is C24H32ClN3O5. The van der Waals surface area contributed by atoms with Crippen molar-refractivity contribution in [2.45, 2.75) is 46.1 Å². The Balaban J connectivity index is 0.000000286. The van der Waals surface area contributed by atoms with E-state index >= 15 is 0 Å². The largest absolute Gasteiger partial charge is 0.481 e. The molecule has 180 valence electrons. The van der Waals surface area contributed by atoms with Gasteiger partial charge in [-0.2, -0.15) is 0 Å². The first-order valence-electron chi connectivity index (χ1n) is 11.4. The Morgan fingerprint density at radius 3 is 2.24 bits per heavy atom. The molecule has 0 aliphatic carbocycles. The highest BCUT2D eigenvalue weighted by atomic mass is 35.5. The van der Waals surface area contributed by atoms with Crippen LogP contribution >= 0.6 is 11.6 Å². The number of carboxylic acid groups (broad SMARTS) is 2. The summed E-state index contributed by atoms with van der Waals surface area (Å²) in [4.78, 5) is 28.2. The van der Waals surface area contributed by atoms with Gasteiger partial charge in [0.05, 0.1) is 28.1 Å². The summed E-state index contributed by atoms with van der Waals surface area (Å²) in [6, 6.07) is 5.72. The molecule has 2 aliphatic heterocycles. The molecule has 2 aromatic rings. The second-order valence-corrected chi connectivity index (χ2v) is 9.11. The van der Waals surface area contributed by atoms with E-state index in [-0.39, 0.29) is 11.8 Å². The van der Waals surface area contributed by atoms with Gasteiger partial charge >= 0.3 is 11.9 Å². The number of hydrogen-bond acceptors (Lipinski definition) is 6. The summed E-state index contributed by atoms with van der Waals surface area (Å²) < 4.78 is 5.85. The molecule has 0 spiro atoms. The molecule has 2 aliphatic rings. The molecule has 33 heavy (non-hydrogen) atoms. The fraction of sp³-hybridized carbons (Fsp3) is 0.542. The molecule has 8 nitrogen and oxygen atoms in total. The predicted octanol–water partition coefficient (Wildman–Crippen LogP) is 3.98. The minimum atomic E-state index is -0.691. The fourth-order valence-corrected chi connectivity index (χ4v) is 4.51. The molecule has 0 radical (unpaired) electrons. The number of nitrogens with zero attached hydrogens (tertiary/aromatic N) is 2. The molecule has 3 N–H and O–H groups in total. The second-order valence-electron chi connectivity index (χ2n) is 8.70. The molecule has 9 heteroatoms. The average molecular weight is 478 g/mol. The molecule has 0 atom stereocenters. The molecule has 0 unspecified atom stereocenters. The maximum Gasteiger partial charge on any atom is 0.306 e. The van der Waals surface area contributed by atoms with E-state index < -0.39 is 11.9 Å². The standard InChI is InChI=1S/C18H21ClN2O3.C6H11NO2/c1-11-4-3-5-14(19)16(11)17-20-15(12(2)24-17)10-21-8-6-13(7-9-21)18(22)23;8-6(9)5-1-3-7-4-2-5/h3-5,13H,6-10H2,1-2H3,(H,22,23);5,7H,1-4H2,(H,8,9). The number of hydrogen-bond donors (Lipinski definition) is 3. The number of nitrogens with one attached hydrogen (secondary N) is 1. The first-order chi connectivity index (χ1) is 15.8. The van der Waals surface area contributed by atoms with Gasteiger partial charge in [0, 0.05) is 6.54 Å². The average Bonchev–Trinajstić information content (AvgIpc) is 3.14. The van der Waals surface area contributed by atoms with Crippen molar-refractivity contribution in [3.8, 4) is 11.5 Å². The number of aromatic nitrogens is 1. The molecule has 2 fully saturated rings. The summed E-state index contributed by atoms with van der Waals surface area (Å²) >= 11 is 6.30. The number of carbonyl (C=O) groups is 2. The van der Waals surface area contributed by atoms with E-state index in [4.69, 9.17) is 26.2 Å². The number of carboxylic acids is 2. The van der Waals surface area contributed by atoms with E-state index in [1.165, 1.54) is 0 Å². The Hall–Kier alpha value is -2.42. The van der Waals surface area contributed by atoms with E-state index in [2.05, 4.69) is 15.2 Å². The van der Waals surface area contributed by atoms with Crippen LogP contribution in [0.25, 0.3) is 11.5 Å². The molecule has 4 rings (SSSR count). The lowest BCUT2D eigenvalue weighted by Crippen LogP contribution is -2.36. The molecular weight excluding hydrogens is 446 g/mol. The topological polar surface area (TPSA) is 116 Å². The van der Waals surface area contributed by atoms with E-state index in [0.29, 0.717) is 30.3 Å². The van der Waals surface area contributed by atoms with Gasteiger partial charge in [-0.3, -0.25) is 14.5 Å². The van der Waals surface area contributed by atoms with Crippen LogP contribution in [0.2, 0.25) is 5.02 Å². The normalized spacial score (nSPS) is 17.9. The number of aryl methyl sites for hydroxylation is 2. The van der Waals surface area contributed by atoms with Crippen LogP contribution < -0.4 is 5.32 Å². The number of likely N-dealkylation sites (tertiary alicyclic amines) is 1. The van der Waals surface area contributed by atoms with Crippen molar-refractivity contribution in [1.82, 2.24) is 15.2 Å². The maximum atomic E-state index is 11.0. The first-order valence-corrected chi connectivity index (χ1v) is 11.7. The summed E-state index contributed by atoms with van der Waals surface area (Å²) in [7, 11) is 0. The van der Waals surface area contributed by atoms with Crippen LogP contribution in [-0.2, 0) is 16.1 Å². The molecule has 1 aromatic heterocycles. The van der Waals surface area contributed by atoms with Gasteiger partial charge in [-0.05, 0) is 77.3 Å². The Kier molecular flexibility index (Phi) is 8.88. The summed E-state index contributed by atoms with van der Waals surface area (Å²) in [6.45, 7) is 7.81. The zero-order chi connectivity index (χ0) is 24.0. The number of benzene rings is 1. The highest BCUT2D eigenvalue weighted by molar-refractivity contribution is 6.33. The van der Waals surface area contributed by atoms with Gasteiger partial charge in [-0.15, -0.1) is 0 Å². The van der Waals surface area contributed by atoms with Gasteiger partial charge in [-0.25, -0.2) is 4.98 Å². The van der Waals surface area contributed by atoms with Crippen LogP contribution in [0.3, 0.4) is 0 Å². The second kappa shape index (κ2) is 11.6. The number of halogens is 1. The lowest BCUT2D eigenvalue weighted by Gasteiger charge is -2.29. The van der Waals surface area contributed by atoms with Crippen molar-refractivity contribution in [3.63, 3.8) is 0 Å². The van der Waals surface area contributed by atoms with Crippen LogP contribution in [0.15, 0.2) is 22.6 Å². The summed E-state index contributed by atoms with van der Waals surface area (Å²) in [5.74, 6) is -0.316. The van der Waals surface area contributed by atoms with Gasteiger partial charge in [0.15, 0.2) is 0 Å². The number of oxazole rings is 1. The monoisotopic (exact) mass is 477 g/mol. The van der Waals surface area contributed by atoms with E-state index in [0.717, 1.165) is 61.6 Å². The molecule has 3 heterocycles. The van der Waals surface area contributed by atoms with E-state index in [1.807, 2.05) is 32.0 Å². The van der Waals surface area contributed by atoms with Gasteiger partial charge < -0.3 is 19.9 Å². The Bertz CT molecular complexity index is 943. The van der Waals surface area contributed by atoms with Gasteiger partial charge in [0.25, 0.3) is 0 Å². The number of aliphatic carboxylic acids is 2. The van der Waals surface area contributed by atoms with Crippen molar-refractivity contribution < 1.29 is 24.2 Å². The summed E-state index contributed by atoms with van der Waals surface area (Å²) in [5, 5.41) is 21.3.